The molecular formula is C24H29ClF3N3O4S. The maximum Gasteiger partial charge on any atom is 0.417 e. The van der Waals surface area contributed by atoms with E-state index in [1.807, 2.05) is 19.1 Å². The standard InChI is InChI=1S/C24H29ClF3N3O4S/c1-15(2)29-23(33)17(4)30(13-18-8-6-7-16(3)11-18)22(32)14-31(36(5,34)35)19-9-10-21(25)20(12-19)24(26,27)28/h6-12,15,17H,13-14H2,1-5H3,(H,29,33). The highest BCUT2D eigenvalue weighted by molar-refractivity contribution is 7.92. The summed E-state index contributed by atoms with van der Waals surface area (Å²) in [5.41, 5.74) is 0.00326. The lowest BCUT2D eigenvalue weighted by atomic mass is 10.1. The minimum atomic E-state index is -4.83. The highest BCUT2D eigenvalue weighted by Crippen LogP contribution is 2.37. The number of aryl methyl sites for hydroxylation is 1. The van der Waals surface area contributed by atoms with Crippen LogP contribution in [0.4, 0.5) is 18.9 Å². The van der Waals surface area contributed by atoms with Crippen molar-refractivity contribution in [2.75, 3.05) is 17.1 Å². The molecule has 0 saturated heterocycles. The Kier molecular flexibility index (Phi) is 9.41. The van der Waals surface area contributed by atoms with Crippen molar-refractivity contribution in [1.29, 1.82) is 0 Å². The summed E-state index contributed by atoms with van der Waals surface area (Å²) in [5.74, 6) is -1.22. The summed E-state index contributed by atoms with van der Waals surface area (Å²) >= 11 is 5.67. The number of alkyl halides is 3. The van der Waals surface area contributed by atoms with E-state index >= 15 is 0 Å². The van der Waals surface area contributed by atoms with E-state index in [0.717, 1.165) is 24.0 Å². The van der Waals surface area contributed by atoms with Crippen LogP contribution in [0.15, 0.2) is 42.5 Å². The van der Waals surface area contributed by atoms with Gasteiger partial charge in [-0.2, -0.15) is 13.2 Å². The second-order valence-corrected chi connectivity index (χ2v) is 11.1. The van der Waals surface area contributed by atoms with Crippen molar-refractivity contribution in [3.05, 3.63) is 64.2 Å². The number of hydrogen-bond donors (Lipinski definition) is 1. The highest BCUT2D eigenvalue weighted by Gasteiger charge is 2.35. The maximum atomic E-state index is 13.4. The number of amides is 2. The lowest BCUT2D eigenvalue weighted by Gasteiger charge is -2.32. The number of nitrogens with zero attached hydrogens (tertiary/aromatic N) is 2. The molecule has 12 heteroatoms. The average molecular weight is 548 g/mol. The van der Waals surface area contributed by atoms with Gasteiger partial charge in [0.2, 0.25) is 21.8 Å². The molecule has 2 rings (SSSR count). The van der Waals surface area contributed by atoms with Crippen LogP contribution in [0.25, 0.3) is 0 Å². The number of benzene rings is 2. The lowest BCUT2D eigenvalue weighted by molar-refractivity contribution is -0.139. The Balaban J connectivity index is 2.48. The van der Waals surface area contributed by atoms with E-state index in [2.05, 4.69) is 5.32 Å². The van der Waals surface area contributed by atoms with Crippen LogP contribution in [0, 0.1) is 6.92 Å². The first-order valence-corrected chi connectivity index (χ1v) is 13.2. The van der Waals surface area contributed by atoms with Crippen LogP contribution in [0.5, 0.6) is 0 Å². The molecular weight excluding hydrogens is 519 g/mol. The molecule has 2 aromatic carbocycles. The van der Waals surface area contributed by atoms with Gasteiger partial charge in [0.15, 0.2) is 0 Å². The third-order valence-corrected chi connectivity index (χ3v) is 6.73. The molecule has 0 aromatic heterocycles. The smallest absolute Gasteiger partial charge is 0.352 e. The Bertz CT molecular complexity index is 1220. The van der Waals surface area contributed by atoms with Gasteiger partial charge >= 0.3 is 6.18 Å². The third-order valence-electron chi connectivity index (χ3n) is 5.26. The van der Waals surface area contributed by atoms with Crippen LogP contribution in [0.1, 0.15) is 37.5 Å². The number of nitrogens with one attached hydrogen (secondary N) is 1. The van der Waals surface area contributed by atoms with E-state index in [0.29, 0.717) is 15.9 Å². The molecule has 0 heterocycles. The van der Waals surface area contributed by atoms with E-state index in [1.165, 1.54) is 11.8 Å². The zero-order valence-corrected chi connectivity index (χ0v) is 22.1. The summed E-state index contributed by atoms with van der Waals surface area (Å²) in [5, 5.41) is 2.11. The molecule has 2 amide bonds. The zero-order chi connectivity index (χ0) is 27.4. The summed E-state index contributed by atoms with van der Waals surface area (Å²) < 4.78 is 65.8. The molecule has 36 heavy (non-hydrogen) atoms. The molecule has 1 unspecified atom stereocenters. The molecule has 1 atom stereocenters. The second kappa shape index (κ2) is 11.5. The van der Waals surface area contributed by atoms with Gasteiger partial charge in [0, 0.05) is 12.6 Å². The predicted molar refractivity (Wildman–Crippen MR) is 133 cm³/mol. The Morgan fingerprint density at radius 3 is 2.25 bits per heavy atom. The van der Waals surface area contributed by atoms with Crippen molar-refractivity contribution >= 4 is 39.1 Å². The molecule has 0 aliphatic heterocycles. The summed E-state index contributed by atoms with van der Waals surface area (Å²) in [6, 6.07) is 8.60. The van der Waals surface area contributed by atoms with E-state index in [-0.39, 0.29) is 18.3 Å². The highest BCUT2D eigenvalue weighted by atomic mass is 35.5. The van der Waals surface area contributed by atoms with Crippen molar-refractivity contribution in [2.45, 2.75) is 52.5 Å². The second-order valence-electron chi connectivity index (χ2n) is 8.78. The maximum absolute atomic E-state index is 13.4. The van der Waals surface area contributed by atoms with Crippen LogP contribution in [-0.4, -0.2) is 50.0 Å². The van der Waals surface area contributed by atoms with Gasteiger partial charge in [-0.3, -0.25) is 13.9 Å². The van der Waals surface area contributed by atoms with Crippen molar-refractivity contribution in [3.8, 4) is 0 Å². The van der Waals surface area contributed by atoms with Gasteiger partial charge in [-0.1, -0.05) is 41.4 Å². The van der Waals surface area contributed by atoms with Crippen molar-refractivity contribution in [2.24, 2.45) is 0 Å². The molecule has 198 valence electrons. The fourth-order valence-corrected chi connectivity index (χ4v) is 4.56. The molecule has 0 saturated carbocycles. The van der Waals surface area contributed by atoms with Gasteiger partial charge in [-0.25, -0.2) is 8.42 Å². The van der Waals surface area contributed by atoms with Gasteiger partial charge in [0.1, 0.15) is 12.6 Å². The number of sulfonamides is 1. The van der Waals surface area contributed by atoms with Gasteiger partial charge in [0.25, 0.3) is 0 Å². The third kappa shape index (κ3) is 7.86. The SMILES string of the molecule is Cc1cccc(CN(C(=O)CN(c2ccc(Cl)c(C(F)(F)F)c2)S(C)(=O)=O)C(C)C(=O)NC(C)C)c1. The Hall–Kier alpha value is -2.79. The van der Waals surface area contributed by atoms with E-state index in [4.69, 9.17) is 11.6 Å². The van der Waals surface area contributed by atoms with Gasteiger partial charge < -0.3 is 10.2 Å². The minimum Gasteiger partial charge on any atom is -0.352 e. The molecule has 1 N–H and O–H groups in total. The molecule has 0 bridgehead atoms. The number of halogens is 4. The first-order valence-electron chi connectivity index (χ1n) is 11.0. The predicted octanol–water partition coefficient (Wildman–Crippen LogP) is 4.38. The van der Waals surface area contributed by atoms with E-state index in [9.17, 15) is 31.2 Å². The first kappa shape index (κ1) is 29.4. The van der Waals surface area contributed by atoms with Crippen molar-refractivity contribution in [1.82, 2.24) is 10.2 Å². The van der Waals surface area contributed by atoms with Gasteiger partial charge in [0.05, 0.1) is 22.5 Å². The normalized spacial score (nSPS) is 12.8. The number of rotatable bonds is 9. The molecule has 2 aromatic rings. The van der Waals surface area contributed by atoms with Gasteiger partial charge in [-0.15, -0.1) is 0 Å². The van der Waals surface area contributed by atoms with E-state index < -0.39 is 51.2 Å². The molecule has 0 spiro atoms. The quantitative estimate of drug-likeness (QED) is 0.505. The minimum absolute atomic E-state index is 0.0147. The van der Waals surface area contributed by atoms with Crippen molar-refractivity contribution in [3.63, 3.8) is 0 Å². The van der Waals surface area contributed by atoms with Crippen LogP contribution in [-0.2, 0) is 32.3 Å². The first-order chi connectivity index (χ1) is 16.5. The van der Waals surface area contributed by atoms with Crippen LogP contribution in [0.3, 0.4) is 0 Å². The van der Waals surface area contributed by atoms with Crippen LogP contribution < -0.4 is 9.62 Å². The molecule has 7 nitrogen and oxygen atoms in total. The number of carbonyl (C=O) groups excluding carboxylic acids is 2. The number of carbonyl (C=O) groups is 2. The summed E-state index contributed by atoms with van der Waals surface area (Å²) in [7, 11) is -4.19. The molecule has 0 radical (unpaired) electrons. The average Bonchev–Trinajstić information content (AvgIpc) is 2.73. The monoisotopic (exact) mass is 547 g/mol. The fraction of sp³-hybridized carbons (Fsp3) is 0.417. The topological polar surface area (TPSA) is 86.8 Å². The summed E-state index contributed by atoms with van der Waals surface area (Å²) in [4.78, 5) is 27.4. The van der Waals surface area contributed by atoms with Gasteiger partial charge in [-0.05, 0) is 51.5 Å². The van der Waals surface area contributed by atoms with Crippen LogP contribution in [0.2, 0.25) is 5.02 Å². The fourth-order valence-electron chi connectivity index (χ4n) is 3.49. The molecule has 0 aliphatic rings. The largest absolute Gasteiger partial charge is 0.417 e. The molecule has 0 fully saturated rings. The Morgan fingerprint density at radius 1 is 1.08 bits per heavy atom. The number of hydrogen-bond acceptors (Lipinski definition) is 4. The Labute approximate surface area is 214 Å². The lowest BCUT2D eigenvalue weighted by Crippen LogP contribution is -2.52. The van der Waals surface area contributed by atoms with Crippen LogP contribution >= 0.6 is 11.6 Å². The Morgan fingerprint density at radius 2 is 1.72 bits per heavy atom. The summed E-state index contributed by atoms with van der Waals surface area (Å²) in [6.07, 6.45) is -4.05. The van der Waals surface area contributed by atoms with E-state index in [1.54, 1.807) is 26.0 Å². The molecule has 0 aliphatic carbocycles. The summed E-state index contributed by atoms with van der Waals surface area (Å²) in [6.45, 7) is 6.03. The van der Waals surface area contributed by atoms with Crippen molar-refractivity contribution < 1.29 is 31.2 Å². The zero-order valence-electron chi connectivity index (χ0n) is 20.6. The number of anilines is 1.